The molecule has 2 unspecified atom stereocenters. The van der Waals surface area contributed by atoms with E-state index in [-0.39, 0.29) is 22.9 Å². The third-order valence-corrected chi connectivity index (χ3v) is 4.51. The first-order valence-corrected chi connectivity index (χ1v) is 8.75. The van der Waals surface area contributed by atoms with Crippen molar-refractivity contribution in [2.45, 2.75) is 19.8 Å². The molecule has 0 fully saturated rings. The number of rotatable bonds is 8. The molecule has 2 atom stereocenters. The van der Waals surface area contributed by atoms with Crippen molar-refractivity contribution in [1.82, 2.24) is 0 Å². The van der Waals surface area contributed by atoms with Gasteiger partial charge in [0.15, 0.2) is 0 Å². The van der Waals surface area contributed by atoms with Crippen LogP contribution in [0.1, 0.15) is 22.8 Å². The van der Waals surface area contributed by atoms with Crippen molar-refractivity contribution in [3.63, 3.8) is 0 Å². The van der Waals surface area contributed by atoms with Crippen LogP contribution in [0, 0.1) is 0 Å². The number of hydrogen-bond acceptors (Lipinski definition) is 5. The van der Waals surface area contributed by atoms with Crippen LogP contribution in [-0.2, 0) is 20.4 Å². The molecular formula is C17H17ClO5P+. The molecule has 0 aliphatic heterocycles. The van der Waals surface area contributed by atoms with Crippen LogP contribution in [0.25, 0.3) is 0 Å². The molecule has 24 heavy (non-hydrogen) atoms. The first kappa shape index (κ1) is 18.6. The Morgan fingerprint density at radius 3 is 2.54 bits per heavy atom. The molecule has 0 aliphatic rings. The zero-order valence-electron chi connectivity index (χ0n) is 13.3. The zero-order chi connectivity index (χ0) is 17.5. The Hall–Kier alpha value is -1.78. The maximum absolute atomic E-state index is 12.3. The molecule has 0 aromatic heterocycles. The van der Waals surface area contributed by atoms with Crippen molar-refractivity contribution in [1.29, 1.82) is 0 Å². The maximum Gasteiger partial charge on any atom is 0.595 e. The van der Waals surface area contributed by atoms with E-state index in [9.17, 15) is 9.36 Å². The van der Waals surface area contributed by atoms with Gasteiger partial charge in [-0.2, -0.15) is 0 Å². The van der Waals surface area contributed by atoms with Crippen LogP contribution in [0.4, 0.5) is 0 Å². The minimum Gasteiger partial charge on any atom is -0.496 e. The second kappa shape index (κ2) is 8.90. The van der Waals surface area contributed by atoms with Gasteiger partial charge in [-0.25, -0.2) is 4.79 Å². The predicted octanol–water partition coefficient (Wildman–Crippen LogP) is 4.81. The van der Waals surface area contributed by atoms with Crippen LogP contribution >= 0.6 is 19.6 Å². The molecule has 7 heteroatoms. The van der Waals surface area contributed by atoms with Gasteiger partial charge in [0.05, 0.1) is 18.7 Å². The quantitative estimate of drug-likeness (QED) is 0.495. The zero-order valence-corrected chi connectivity index (χ0v) is 14.9. The number of carbonyl (C=O) groups is 1. The molecule has 5 nitrogen and oxygen atoms in total. The summed E-state index contributed by atoms with van der Waals surface area (Å²) in [6.45, 7) is 1.86. The molecule has 0 saturated carbocycles. The van der Waals surface area contributed by atoms with E-state index < -0.39 is 19.8 Å². The monoisotopic (exact) mass is 367 g/mol. The summed E-state index contributed by atoms with van der Waals surface area (Å²) in [5, 5.41) is 0.157. The van der Waals surface area contributed by atoms with Gasteiger partial charge in [-0.1, -0.05) is 48.0 Å². The van der Waals surface area contributed by atoms with E-state index >= 15 is 0 Å². The Labute approximate surface area is 146 Å². The molecule has 0 N–H and O–H groups in total. The Balaban J connectivity index is 1.98. The molecule has 0 aliphatic carbocycles. The van der Waals surface area contributed by atoms with Crippen molar-refractivity contribution in [3.05, 3.63) is 64.7 Å². The summed E-state index contributed by atoms with van der Waals surface area (Å²) in [7, 11) is -1.25. The molecule has 126 valence electrons. The smallest absolute Gasteiger partial charge is 0.496 e. The molecule has 2 aromatic rings. The highest BCUT2D eigenvalue weighted by molar-refractivity contribution is 7.60. The van der Waals surface area contributed by atoms with Gasteiger partial charge >= 0.3 is 13.6 Å². The molecule has 0 spiro atoms. The second-order valence-electron chi connectivity index (χ2n) is 4.85. The Kier molecular flexibility index (Phi) is 6.88. The lowest BCUT2D eigenvalue weighted by atomic mass is 10.2. The third kappa shape index (κ3) is 4.86. The minimum absolute atomic E-state index is 0.0398. The van der Waals surface area contributed by atoms with Crippen LogP contribution in [0.15, 0.2) is 48.5 Å². The third-order valence-electron chi connectivity index (χ3n) is 3.15. The van der Waals surface area contributed by atoms with Crippen LogP contribution in [-0.4, -0.2) is 18.9 Å². The number of carbonyl (C=O) groups excluding carboxylic acids is 1. The standard InChI is InChI=1S/C17H17ClO5P/c1-12(22-11-13-7-4-3-5-8-13)23-24(20)17(19)16-14(18)9-6-10-15(16)21-2/h3-10,12H,11H2,1-2H3/q+1. The van der Waals surface area contributed by atoms with Gasteiger partial charge < -0.3 is 9.47 Å². The van der Waals surface area contributed by atoms with Gasteiger partial charge in [0, 0.05) is 0 Å². The normalized spacial score (nSPS) is 12.5. The largest absolute Gasteiger partial charge is 0.595 e. The average molecular weight is 368 g/mol. The first-order chi connectivity index (χ1) is 11.5. The van der Waals surface area contributed by atoms with E-state index in [0.717, 1.165) is 5.56 Å². The topological polar surface area (TPSA) is 61.8 Å². The number of benzene rings is 2. The summed E-state index contributed by atoms with van der Waals surface area (Å²) >= 11 is 6.01. The van der Waals surface area contributed by atoms with Gasteiger partial charge in [-0.3, -0.25) is 0 Å². The molecule has 0 saturated heterocycles. The van der Waals surface area contributed by atoms with Gasteiger partial charge in [-0.05, 0) is 29.2 Å². The highest BCUT2D eigenvalue weighted by Crippen LogP contribution is 2.37. The number of methoxy groups -OCH3 is 1. The van der Waals surface area contributed by atoms with Gasteiger partial charge in [-0.15, -0.1) is 4.52 Å². The summed E-state index contributed by atoms with van der Waals surface area (Å²) in [4.78, 5) is 12.3. The SMILES string of the molecule is COc1cccc(Cl)c1C(=O)[P+](=O)OC(C)OCc1ccccc1. The Morgan fingerprint density at radius 2 is 1.88 bits per heavy atom. The van der Waals surface area contributed by atoms with E-state index in [1.165, 1.54) is 13.2 Å². The molecule has 0 bridgehead atoms. The second-order valence-corrected chi connectivity index (χ2v) is 6.39. The molecule has 0 amide bonds. The van der Waals surface area contributed by atoms with Crippen LogP contribution in [0.2, 0.25) is 5.02 Å². The summed E-state index contributed by atoms with van der Waals surface area (Å²) in [5.41, 5.74) is 0.253. The molecule has 0 heterocycles. The molecule has 0 radical (unpaired) electrons. The van der Waals surface area contributed by atoms with E-state index in [0.29, 0.717) is 0 Å². The van der Waals surface area contributed by atoms with Crippen LogP contribution in [0.3, 0.4) is 0 Å². The van der Waals surface area contributed by atoms with Crippen molar-refractivity contribution in [3.8, 4) is 5.75 Å². The van der Waals surface area contributed by atoms with E-state index in [4.69, 9.17) is 25.6 Å². The van der Waals surface area contributed by atoms with Crippen LogP contribution < -0.4 is 4.74 Å². The van der Waals surface area contributed by atoms with E-state index in [1.54, 1.807) is 19.1 Å². The van der Waals surface area contributed by atoms with Crippen molar-refractivity contribution in [2.75, 3.05) is 7.11 Å². The van der Waals surface area contributed by atoms with Crippen LogP contribution in [0.5, 0.6) is 5.75 Å². The number of halogens is 1. The van der Waals surface area contributed by atoms with E-state index in [2.05, 4.69) is 0 Å². The fourth-order valence-corrected chi connectivity index (χ4v) is 3.13. The summed E-state index contributed by atoms with van der Waals surface area (Å²) in [5.74, 6) is 0.248. The lowest BCUT2D eigenvalue weighted by Crippen LogP contribution is -2.11. The number of ether oxygens (including phenoxy) is 2. The lowest BCUT2D eigenvalue weighted by molar-refractivity contribution is -0.0711. The van der Waals surface area contributed by atoms with Gasteiger partial charge in [0.25, 0.3) is 0 Å². The highest BCUT2D eigenvalue weighted by atomic mass is 35.5. The summed E-state index contributed by atoms with van der Waals surface area (Å²) in [6.07, 6.45) is -0.814. The van der Waals surface area contributed by atoms with E-state index in [1.807, 2.05) is 30.3 Å². The number of hydrogen-bond donors (Lipinski definition) is 0. The summed E-state index contributed by atoms with van der Waals surface area (Å²) < 4.78 is 27.9. The fraction of sp³-hybridized carbons (Fsp3) is 0.235. The molecule has 2 rings (SSSR count). The molecular weight excluding hydrogens is 351 g/mol. The molecule has 2 aromatic carbocycles. The fourth-order valence-electron chi connectivity index (χ4n) is 1.97. The lowest BCUT2D eigenvalue weighted by Gasteiger charge is -2.08. The summed E-state index contributed by atoms with van der Waals surface area (Å²) in [6, 6.07) is 14.2. The Bertz CT molecular complexity index is 720. The van der Waals surface area contributed by atoms with Gasteiger partial charge in [0.1, 0.15) is 11.3 Å². The highest BCUT2D eigenvalue weighted by Gasteiger charge is 2.39. The Morgan fingerprint density at radius 1 is 1.17 bits per heavy atom. The maximum atomic E-state index is 12.3. The van der Waals surface area contributed by atoms with Crippen molar-refractivity contribution >= 4 is 25.2 Å². The average Bonchev–Trinajstić information content (AvgIpc) is 2.60. The van der Waals surface area contributed by atoms with Crippen molar-refractivity contribution in [2.24, 2.45) is 0 Å². The van der Waals surface area contributed by atoms with Crippen molar-refractivity contribution < 1.29 is 23.4 Å². The minimum atomic E-state index is -2.65. The van der Waals surface area contributed by atoms with Gasteiger partial charge in [0.2, 0.25) is 6.29 Å². The predicted molar refractivity (Wildman–Crippen MR) is 91.7 cm³/mol. The first-order valence-electron chi connectivity index (χ1n) is 7.19.